The lowest BCUT2D eigenvalue weighted by atomic mass is 9.84. The minimum atomic E-state index is -0.991. The number of carbonyl (C=O) groups is 1. The van der Waals surface area contributed by atoms with Gasteiger partial charge in [0.1, 0.15) is 0 Å². The Morgan fingerprint density at radius 2 is 1.82 bits per heavy atom. The van der Waals surface area contributed by atoms with Crippen molar-refractivity contribution in [3.63, 3.8) is 0 Å². The number of carboxylic acids is 1. The molecular formula is C7H14O4. The third-order valence-electron chi connectivity index (χ3n) is 1.95. The van der Waals surface area contributed by atoms with Crippen LogP contribution in [0.25, 0.3) is 0 Å². The molecule has 0 saturated heterocycles. The number of carboxylic acid groups (broad SMARTS) is 1. The number of hydrogen-bond donors (Lipinski definition) is 3. The molecule has 0 aromatic heterocycles. The van der Waals surface area contributed by atoms with E-state index >= 15 is 0 Å². The normalized spacial score (nSPS) is 11.5. The molecule has 0 aromatic rings. The van der Waals surface area contributed by atoms with E-state index in [1.807, 2.05) is 0 Å². The number of rotatable bonds is 5. The zero-order valence-corrected chi connectivity index (χ0v) is 6.58. The van der Waals surface area contributed by atoms with Gasteiger partial charge in [-0.15, -0.1) is 0 Å². The van der Waals surface area contributed by atoms with Crippen LogP contribution in [0.15, 0.2) is 0 Å². The number of aliphatic carboxylic acids is 1. The molecule has 0 aromatic carbocycles. The zero-order chi connectivity index (χ0) is 8.91. The van der Waals surface area contributed by atoms with Crippen molar-refractivity contribution in [3.05, 3.63) is 0 Å². The summed E-state index contributed by atoms with van der Waals surface area (Å²) in [5, 5.41) is 26.0. The van der Waals surface area contributed by atoms with E-state index in [-0.39, 0.29) is 19.6 Å². The van der Waals surface area contributed by atoms with Gasteiger partial charge in [0, 0.05) is 5.41 Å². The van der Waals surface area contributed by atoms with Crippen LogP contribution in [0.1, 0.15) is 19.8 Å². The first-order valence-corrected chi connectivity index (χ1v) is 3.54. The summed E-state index contributed by atoms with van der Waals surface area (Å²) in [4.78, 5) is 10.3. The molecule has 11 heavy (non-hydrogen) atoms. The smallest absolute Gasteiger partial charge is 0.304 e. The Hall–Kier alpha value is -0.610. The first-order chi connectivity index (χ1) is 5.10. The van der Waals surface area contributed by atoms with Gasteiger partial charge < -0.3 is 15.3 Å². The van der Waals surface area contributed by atoms with Crippen LogP contribution in [0.2, 0.25) is 0 Å². The standard InChI is InChI=1S/C7H14O4/c1-2-7(4-8,5-9)3-6(10)11/h8-9H,2-5H2,1H3,(H,10,11). The van der Waals surface area contributed by atoms with Crippen LogP contribution in [0.4, 0.5) is 0 Å². The highest BCUT2D eigenvalue weighted by Crippen LogP contribution is 2.24. The van der Waals surface area contributed by atoms with Crippen LogP contribution >= 0.6 is 0 Å². The van der Waals surface area contributed by atoms with Crippen LogP contribution in [0.3, 0.4) is 0 Å². The van der Waals surface area contributed by atoms with Gasteiger partial charge in [0.2, 0.25) is 0 Å². The van der Waals surface area contributed by atoms with E-state index < -0.39 is 11.4 Å². The largest absolute Gasteiger partial charge is 0.481 e. The van der Waals surface area contributed by atoms with Crippen LogP contribution in [0.5, 0.6) is 0 Å². The summed E-state index contributed by atoms with van der Waals surface area (Å²) < 4.78 is 0. The minimum absolute atomic E-state index is 0.184. The van der Waals surface area contributed by atoms with Gasteiger partial charge in [0.05, 0.1) is 19.6 Å². The first-order valence-electron chi connectivity index (χ1n) is 3.54. The van der Waals surface area contributed by atoms with E-state index in [0.29, 0.717) is 6.42 Å². The lowest BCUT2D eigenvalue weighted by Crippen LogP contribution is -2.31. The third kappa shape index (κ3) is 2.86. The van der Waals surface area contributed by atoms with Crippen molar-refractivity contribution in [2.45, 2.75) is 19.8 Å². The van der Waals surface area contributed by atoms with E-state index in [0.717, 1.165) is 0 Å². The van der Waals surface area contributed by atoms with Crippen molar-refractivity contribution < 1.29 is 20.1 Å². The summed E-state index contributed by atoms with van der Waals surface area (Å²) in [5.41, 5.74) is -0.841. The van der Waals surface area contributed by atoms with Crippen LogP contribution in [-0.4, -0.2) is 34.5 Å². The van der Waals surface area contributed by atoms with E-state index in [9.17, 15) is 4.79 Å². The maximum absolute atomic E-state index is 10.3. The average Bonchev–Trinajstić information content (AvgIpc) is 2.00. The molecule has 0 amide bonds. The Balaban J connectivity index is 4.16. The number of hydrogen-bond acceptors (Lipinski definition) is 3. The topological polar surface area (TPSA) is 77.8 Å². The highest BCUT2D eigenvalue weighted by Gasteiger charge is 2.29. The Morgan fingerprint density at radius 1 is 1.36 bits per heavy atom. The van der Waals surface area contributed by atoms with Gasteiger partial charge in [-0.1, -0.05) is 6.92 Å². The fourth-order valence-corrected chi connectivity index (χ4v) is 0.831. The van der Waals surface area contributed by atoms with Crippen molar-refractivity contribution in [3.8, 4) is 0 Å². The molecule has 0 unspecified atom stereocenters. The fourth-order valence-electron chi connectivity index (χ4n) is 0.831. The van der Waals surface area contributed by atoms with E-state index in [1.54, 1.807) is 6.92 Å². The highest BCUT2D eigenvalue weighted by atomic mass is 16.4. The van der Waals surface area contributed by atoms with Gasteiger partial charge in [0.15, 0.2) is 0 Å². The molecule has 0 atom stereocenters. The van der Waals surface area contributed by atoms with Crippen molar-refractivity contribution in [2.24, 2.45) is 5.41 Å². The van der Waals surface area contributed by atoms with Gasteiger partial charge in [0.25, 0.3) is 0 Å². The van der Waals surface area contributed by atoms with Crippen molar-refractivity contribution in [1.29, 1.82) is 0 Å². The van der Waals surface area contributed by atoms with Gasteiger partial charge in [-0.25, -0.2) is 0 Å². The molecule has 0 aliphatic rings. The van der Waals surface area contributed by atoms with Gasteiger partial charge in [-0.2, -0.15) is 0 Å². The Morgan fingerprint density at radius 3 is 1.91 bits per heavy atom. The molecule has 3 N–H and O–H groups in total. The molecule has 0 heterocycles. The maximum atomic E-state index is 10.3. The van der Waals surface area contributed by atoms with Crippen molar-refractivity contribution in [1.82, 2.24) is 0 Å². The predicted octanol–water partition coefficient (Wildman–Crippen LogP) is -0.158. The highest BCUT2D eigenvalue weighted by molar-refractivity contribution is 5.67. The van der Waals surface area contributed by atoms with Gasteiger partial charge in [-0.3, -0.25) is 4.79 Å². The average molecular weight is 162 g/mol. The molecule has 66 valence electrons. The number of aliphatic hydroxyl groups is 2. The molecule has 0 spiro atoms. The minimum Gasteiger partial charge on any atom is -0.481 e. The lowest BCUT2D eigenvalue weighted by molar-refractivity contribution is -0.141. The molecule has 4 nitrogen and oxygen atoms in total. The molecule has 0 rings (SSSR count). The summed E-state index contributed by atoms with van der Waals surface area (Å²) in [6.45, 7) is 1.17. The second-order valence-corrected chi connectivity index (χ2v) is 2.74. The lowest BCUT2D eigenvalue weighted by Gasteiger charge is -2.25. The molecule has 0 bridgehead atoms. The Bertz CT molecular complexity index is 120. The molecule has 4 heteroatoms. The predicted molar refractivity (Wildman–Crippen MR) is 39.1 cm³/mol. The Kier molecular flexibility index (Phi) is 4.07. The molecule has 0 fully saturated rings. The van der Waals surface area contributed by atoms with Crippen molar-refractivity contribution >= 4 is 5.97 Å². The molecule has 0 aliphatic heterocycles. The SMILES string of the molecule is CCC(CO)(CO)CC(=O)O. The molecule has 0 saturated carbocycles. The van der Waals surface area contributed by atoms with E-state index in [1.165, 1.54) is 0 Å². The second-order valence-electron chi connectivity index (χ2n) is 2.74. The van der Waals surface area contributed by atoms with Crippen LogP contribution < -0.4 is 0 Å². The van der Waals surface area contributed by atoms with Gasteiger partial charge >= 0.3 is 5.97 Å². The summed E-state index contributed by atoms with van der Waals surface area (Å²) >= 11 is 0. The van der Waals surface area contributed by atoms with Crippen molar-refractivity contribution in [2.75, 3.05) is 13.2 Å². The number of aliphatic hydroxyl groups excluding tert-OH is 2. The quantitative estimate of drug-likeness (QED) is 0.525. The summed E-state index contributed by atoms with van der Waals surface area (Å²) in [7, 11) is 0. The first kappa shape index (κ1) is 10.4. The Labute approximate surface area is 65.5 Å². The van der Waals surface area contributed by atoms with E-state index in [2.05, 4.69) is 0 Å². The third-order valence-corrected chi connectivity index (χ3v) is 1.95. The van der Waals surface area contributed by atoms with E-state index in [4.69, 9.17) is 15.3 Å². The molecular weight excluding hydrogens is 148 g/mol. The summed E-state index contributed by atoms with van der Waals surface area (Å²) in [6.07, 6.45) is 0.281. The van der Waals surface area contributed by atoms with Crippen LogP contribution in [-0.2, 0) is 4.79 Å². The zero-order valence-electron chi connectivity index (χ0n) is 6.58. The fraction of sp³-hybridized carbons (Fsp3) is 0.857. The van der Waals surface area contributed by atoms with Crippen LogP contribution in [0, 0.1) is 5.41 Å². The summed E-state index contributed by atoms with van der Waals surface area (Å²) in [5.74, 6) is -0.991. The summed E-state index contributed by atoms with van der Waals surface area (Å²) in [6, 6.07) is 0. The monoisotopic (exact) mass is 162 g/mol. The van der Waals surface area contributed by atoms with Gasteiger partial charge in [-0.05, 0) is 6.42 Å². The molecule has 0 aliphatic carbocycles. The second kappa shape index (κ2) is 4.31. The molecule has 0 radical (unpaired) electrons. The maximum Gasteiger partial charge on any atom is 0.304 e.